The summed E-state index contributed by atoms with van der Waals surface area (Å²) in [4.78, 5) is 28.9. The number of carbonyl (C=O) groups is 2. The molecule has 3 aromatic rings. The van der Waals surface area contributed by atoms with Gasteiger partial charge in [0.1, 0.15) is 0 Å². The molecular weight excluding hydrogens is 404 g/mol. The number of para-hydroxylation sites is 1. The van der Waals surface area contributed by atoms with Crippen LogP contribution in [-0.2, 0) is 11.2 Å². The zero-order valence-corrected chi connectivity index (χ0v) is 16.0. The van der Waals surface area contributed by atoms with Crippen molar-refractivity contribution in [1.29, 1.82) is 0 Å². The lowest BCUT2D eigenvalue weighted by Gasteiger charge is -2.09. The lowest BCUT2D eigenvalue weighted by molar-refractivity contribution is -0.115. The molecule has 0 saturated heterocycles. The first kappa shape index (κ1) is 20.0. The molecule has 0 bridgehead atoms. The molecular formula is C19H15F2N3O2S2. The first-order chi connectivity index (χ1) is 13.5. The number of hydrogen-bond acceptors (Lipinski definition) is 5. The van der Waals surface area contributed by atoms with Crippen molar-refractivity contribution in [1.82, 2.24) is 4.98 Å². The third kappa shape index (κ3) is 5.61. The van der Waals surface area contributed by atoms with E-state index in [0.29, 0.717) is 38.7 Å². The van der Waals surface area contributed by atoms with Gasteiger partial charge in [-0.25, -0.2) is 4.98 Å². The molecule has 0 aliphatic heterocycles. The Kier molecular flexibility index (Phi) is 6.72. The van der Waals surface area contributed by atoms with Crippen molar-refractivity contribution in [2.75, 3.05) is 10.6 Å². The van der Waals surface area contributed by atoms with Crippen molar-refractivity contribution < 1.29 is 18.4 Å². The summed E-state index contributed by atoms with van der Waals surface area (Å²) in [5.41, 5.74) is 1.31. The highest BCUT2D eigenvalue weighted by atomic mass is 32.2. The maximum Gasteiger partial charge on any atom is 0.288 e. The average molecular weight is 419 g/mol. The Morgan fingerprint density at radius 2 is 1.75 bits per heavy atom. The first-order valence-electron chi connectivity index (χ1n) is 8.16. The minimum Gasteiger partial charge on any atom is -0.325 e. The van der Waals surface area contributed by atoms with E-state index < -0.39 is 5.76 Å². The Morgan fingerprint density at radius 1 is 1.04 bits per heavy atom. The summed E-state index contributed by atoms with van der Waals surface area (Å²) in [6.07, 6.45) is -0.0363. The van der Waals surface area contributed by atoms with E-state index >= 15 is 0 Å². The van der Waals surface area contributed by atoms with Crippen molar-refractivity contribution in [3.63, 3.8) is 0 Å². The molecule has 28 heavy (non-hydrogen) atoms. The number of thioether (sulfide) groups is 1. The highest BCUT2D eigenvalue weighted by molar-refractivity contribution is 7.99. The molecule has 0 saturated carbocycles. The van der Waals surface area contributed by atoms with Crippen LogP contribution in [-0.4, -0.2) is 22.6 Å². The summed E-state index contributed by atoms with van der Waals surface area (Å²) < 4.78 is 25.2. The molecule has 0 aliphatic rings. The number of hydrogen-bond donors (Lipinski definition) is 2. The largest absolute Gasteiger partial charge is 0.325 e. The van der Waals surface area contributed by atoms with Gasteiger partial charge in [0, 0.05) is 15.8 Å². The SMILES string of the molecule is O=C(Cc1csc(NC(=O)c2ccccc2)n1)Nc1ccccc1SC(F)F. The predicted octanol–water partition coefficient (Wildman–Crippen LogP) is 4.89. The number of nitrogens with zero attached hydrogens (tertiary/aromatic N) is 1. The maximum absolute atomic E-state index is 12.6. The van der Waals surface area contributed by atoms with Gasteiger partial charge in [0.05, 0.1) is 17.8 Å². The van der Waals surface area contributed by atoms with Gasteiger partial charge < -0.3 is 5.32 Å². The van der Waals surface area contributed by atoms with Crippen LogP contribution >= 0.6 is 23.1 Å². The third-order valence-corrected chi connectivity index (χ3v) is 5.12. The Morgan fingerprint density at radius 3 is 2.50 bits per heavy atom. The minimum atomic E-state index is -2.58. The number of halogens is 2. The number of aromatic nitrogens is 1. The van der Waals surface area contributed by atoms with Crippen LogP contribution in [0.15, 0.2) is 64.9 Å². The van der Waals surface area contributed by atoms with E-state index in [2.05, 4.69) is 15.6 Å². The lowest BCUT2D eigenvalue weighted by atomic mass is 10.2. The highest BCUT2D eigenvalue weighted by Gasteiger charge is 2.14. The average Bonchev–Trinajstić information content (AvgIpc) is 3.10. The molecule has 1 heterocycles. The summed E-state index contributed by atoms with van der Waals surface area (Å²) in [7, 11) is 0. The second kappa shape index (κ2) is 9.43. The van der Waals surface area contributed by atoms with Crippen LogP contribution < -0.4 is 10.6 Å². The topological polar surface area (TPSA) is 71.1 Å². The first-order valence-corrected chi connectivity index (χ1v) is 9.91. The van der Waals surface area contributed by atoms with Crippen LogP contribution in [0.1, 0.15) is 16.1 Å². The van der Waals surface area contributed by atoms with Crippen molar-refractivity contribution in [2.24, 2.45) is 0 Å². The molecule has 0 atom stereocenters. The van der Waals surface area contributed by atoms with Gasteiger partial charge in [0.15, 0.2) is 5.13 Å². The highest BCUT2D eigenvalue weighted by Crippen LogP contribution is 2.31. The number of carbonyl (C=O) groups excluding carboxylic acids is 2. The molecule has 0 radical (unpaired) electrons. The number of alkyl halides is 2. The monoisotopic (exact) mass is 419 g/mol. The van der Waals surface area contributed by atoms with Crippen LogP contribution in [0.2, 0.25) is 0 Å². The molecule has 0 fully saturated rings. The number of anilines is 2. The summed E-state index contributed by atoms with van der Waals surface area (Å²) >= 11 is 1.58. The minimum absolute atomic E-state index is 0.0363. The fraction of sp³-hybridized carbons (Fsp3) is 0.105. The van der Waals surface area contributed by atoms with E-state index in [9.17, 15) is 18.4 Å². The van der Waals surface area contributed by atoms with Gasteiger partial charge in [0.25, 0.3) is 11.7 Å². The van der Waals surface area contributed by atoms with Gasteiger partial charge in [-0.2, -0.15) is 8.78 Å². The molecule has 5 nitrogen and oxygen atoms in total. The summed E-state index contributed by atoms with van der Waals surface area (Å²) in [5, 5.41) is 7.35. The molecule has 0 spiro atoms. The van der Waals surface area contributed by atoms with Gasteiger partial charge in [-0.3, -0.25) is 14.9 Å². The summed E-state index contributed by atoms with van der Waals surface area (Å²) in [6, 6.07) is 15.1. The normalized spacial score (nSPS) is 10.7. The Balaban J connectivity index is 1.59. The number of nitrogens with one attached hydrogen (secondary N) is 2. The van der Waals surface area contributed by atoms with Crippen LogP contribution in [0.5, 0.6) is 0 Å². The molecule has 144 valence electrons. The van der Waals surface area contributed by atoms with Crippen molar-refractivity contribution in [3.8, 4) is 0 Å². The fourth-order valence-electron chi connectivity index (χ4n) is 2.33. The zero-order chi connectivity index (χ0) is 19.9. The Hall–Kier alpha value is -2.78. The molecule has 0 aliphatic carbocycles. The van der Waals surface area contributed by atoms with Gasteiger partial charge in [0.2, 0.25) is 5.91 Å². The fourth-order valence-corrected chi connectivity index (χ4v) is 3.63. The van der Waals surface area contributed by atoms with Crippen LogP contribution in [0.4, 0.5) is 19.6 Å². The van der Waals surface area contributed by atoms with E-state index in [1.54, 1.807) is 47.8 Å². The van der Waals surface area contributed by atoms with Crippen LogP contribution in [0, 0.1) is 0 Å². The van der Waals surface area contributed by atoms with Gasteiger partial charge in [-0.05, 0) is 24.3 Å². The van der Waals surface area contributed by atoms with Gasteiger partial charge in [-0.15, -0.1) is 11.3 Å². The van der Waals surface area contributed by atoms with E-state index in [1.807, 2.05) is 6.07 Å². The van der Waals surface area contributed by atoms with Crippen molar-refractivity contribution in [2.45, 2.75) is 17.1 Å². The van der Waals surface area contributed by atoms with Crippen molar-refractivity contribution >= 4 is 45.7 Å². The van der Waals surface area contributed by atoms with E-state index in [4.69, 9.17) is 0 Å². The summed E-state index contributed by atoms with van der Waals surface area (Å²) in [6.45, 7) is 0. The van der Waals surface area contributed by atoms with Crippen LogP contribution in [0.3, 0.4) is 0 Å². The molecule has 2 N–H and O–H groups in total. The molecule has 1 aromatic heterocycles. The third-order valence-electron chi connectivity index (χ3n) is 3.53. The Labute approximate surface area is 168 Å². The van der Waals surface area contributed by atoms with E-state index in [-0.39, 0.29) is 18.2 Å². The van der Waals surface area contributed by atoms with Crippen molar-refractivity contribution in [3.05, 3.63) is 71.2 Å². The summed E-state index contributed by atoms with van der Waals surface area (Å²) in [5.74, 6) is -3.25. The Bertz CT molecular complexity index is 965. The predicted molar refractivity (Wildman–Crippen MR) is 107 cm³/mol. The number of thiazole rings is 1. The standard InChI is InChI=1S/C19H15F2N3O2S2/c20-18(21)28-15-9-5-4-8-14(15)23-16(25)10-13-11-27-19(22-13)24-17(26)12-6-2-1-3-7-12/h1-9,11,18H,10H2,(H,23,25)(H,22,24,26). The molecule has 3 rings (SSSR count). The van der Waals surface area contributed by atoms with Gasteiger partial charge >= 0.3 is 0 Å². The lowest BCUT2D eigenvalue weighted by Crippen LogP contribution is -2.15. The van der Waals surface area contributed by atoms with Gasteiger partial charge in [-0.1, -0.05) is 42.1 Å². The maximum atomic E-state index is 12.6. The smallest absolute Gasteiger partial charge is 0.288 e. The van der Waals surface area contributed by atoms with Crippen LogP contribution in [0.25, 0.3) is 0 Å². The second-order valence-electron chi connectivity index (χ2n) is 5.56. The number of benzene rings is 2. The molecule has 0 unspecified atom stereocenters. The quantitative estimate of drug-likeness (QED) is 0.535. The van der Waals surface area contributed by atoms with E-state index in [1.165, 1.54) is 17.4 Å². The molecule has 2 amide bonds. The molecule has 2 aromatic carbocycles. The van der Waals surface area contributed by atoms with E-state index in [0.717, 1.165) is 0 Å². The number of rotatable bonds is 7. The molecule has 9 heteroatoms. The second-order valence-corrected chi connectivity index (χ2v) is 7.45. The number of amides is 2. The zero-order valence-electron chi connectivity index (χ0n) is 14.4.